The van der Waals surface area contributed by atoms with Crippen LogP contribution in [0, 0.1) is 6.92 Å². The van der Waals surface area contributed by atoms with Crippen molar-refractivity contribution in [3.8, 4) is 0 Å². The number of nitrogens with zero attached hydrogens (tertiary/aromatic N) is 3. The normalized spacial score (nSPS) is 19.9. The molecule has 0 amide bonds. The molecular formula is C11H15N3O4. The first kappa shape index (κ1) is 12.7. The van der Waals surface area contributed by atoms with Crippen molar-refractivity contribution in [1.29, 1.82) is 0 Å². The molecule has 98 valence electrons. The van der Waals surface area contributed by atoms with Crippen LogP contribution in [0.5, 0.6) is 0 Å². The van der Waals surface area contributed by atoms with E-state index in [0.29, 0.717) is 31.3 Å². The number of carboxylic acids is 1. The van der Waals surface area contributed by atoms with Crippen molar-refractivity contribution in [1.82, 2.24) is 9.97 Å². The Hall–Kier alpha value is -1.73. The van der Waals surface area contributed by atoms with Crippen LogP contribution in [0.4, 0.5) is 5.95 Å². The number of aliphatic hydroxyl groups excluding tert-OH is 1. The van der Waals surface area contributed by atoms with E-state index in [9.17, 15) is 4.79 Å². The number of morpholine rings is 1. The Bertz CT molecular complexity index is 452. The summed E-state index contributed by atoms with van der Waals surface area (Å²) in [6.07, 6.45) is 1.06. The van der Waals surface area contributed by atoms with Gasteiger partial charge in [0.25, 0.3) is 0 Å². The lowest BCUT2D eigenvalue weighted by molar-refractivity contribution is 0.00312. The van der Waals surface area contributed by atoms with Crippen molar-refractivity contribution < 1.29 is 19.7 Å². The second-order valence-corrected chi connectivity index (χ2v) is 4.10. The number of carboxylic acid groups (broad SMARTS) is 1. The smallest absolute Gasteiger partial charge is 0.339 e. The fourth-order valence-corrected chi connectivity index (χ4v) is 1.83. The van der Waals surface area contributed by atoms with E-state index in [-0.39, 0.29) is 18.3 Å². The predicted octanol–water partition coefficient (Wildman–Crippen LogP) is -0.319. The molecule has 0 spiro atoms. The standard InChI is InChI=1S/C11H15N3O4/c1-7-9(10(16)17)4-12-11(13-7)14-2-3-18-8(5-14)6-15/h4,8,15H,2-3,5-6H2,1H3,(H,16,17). The number of anilines is 1. The summed E-state index contributed by atoms with van der Waals surface area (Å²) in [7, 11) is 0. The van der Waals surface area contributed by atoms with Crippen LogP contribution in [0.3, 0.4) is 0 Å². The van der Waals surface area contributed by atoms with Gasteiger partial charge in [0.2, 0.25) is 5.95 Å². The maximum atomic E-state index is 10.9. The summed E-state index contributed by atoms with van der Waals surface area (Å²) in [4.78, 5) is 21.0. The minimum Gasteiger partial charge on any atom is -0.478 e. The average Bonchev–Trinajstić information content (AvgIpc) is 2.38. The van der Waals surface area contributed by atoms with E-state index in [1.165, 1.54) is 6.20 Å². The molecule has 1 aromatic heterocycles. The van der Waals surface area contributed by atoms with Crippen LogP contribution < -0.4 is 4.90 Å². The highest BCUT2D eigenvalue weighted by molar-refractivity contribution is 5.88. The van der Waals surface area contributed by atoms with E-state index in [1.54, 1.807) is 6.92 Å². The van der Waals surface area contributed by atoms with Crippen LogP contribution in [-0.2, 0) is 4.74 Å². The van der Waals surface area contributed by atoms with Crippen molar-refractivity contribution in [3.05, 3.63) is 17.5 Å². The predicted molar refractivity (Wildman–Crippen MR) is 62.8 cm³/mol. The highest BCUT2D eigenvalue weighted by Gasteiger charge is 2.22. The summed E-state index contributed by atoms with van der Waals surface area (Å²) in [5.41, 5.74) is 0.533. The number of rotatable bonds is 3. The number of hydrogen-bond donors (Lipinski definition) is 2. The van der Waals surface area contributed by atoms with E-state index < -0.39 is 5.97 Å². The number of ether oxygens (including phenoxy) is 1. The molecular weight excluding hydrogens is 238 g/mol. The molecule has 0 radical (unpaired) electrons. The van der Waals surface area contributed by atoms with Crippen molar-refractivity contribution in [2.24, 2.45) is 0 Å². The molecule has 2 heterocycles. The van der Waals surface area contributed by atoms with Gasteiger partial charge in [-0.25, -0.2) is 14.8 Å². The SMILES string of the molecule is Cc1nc(N2CCOC(CO)C2)ncc1C(=O)O. The molecule has 1 aliphatic heterocycles. The Morgan fingerprint density at radius 2 is 2.44 bits per heavy atom. The van der Waals surface area contributed by atoms with E-state index in [4.69, 9.17) is 14.9 Å². The van der Waals surface area contributed by atoms with Crippen molar-refractivity contribution in [3.63, 3.8) is 0 Å². The van der Waals surface area contributed by atoms with Crippen LogP contribution >= 0.6 is 0 Å². The third kappa shape index (κ3) is 2.57. The topological polar surface area (TPSA) is 95.8 Å². The molecule has 1 aromatic rings. The van der Waals surface area contributed by atoms with E-state index in [1.807, 2.05) is 4.90 Å². The van der Waals surface area contributed by atoms with E-state index in [0.717, 1.165) is 0 Å². The molecule has 0 aromatic carbocycles. The van der Waals surface area contributed by atoms with Gasteiger partial charge in [0.05, 0.1) is 30.6 Å². The van der Waals surface area contributed by atoms with Gasteiger partial charge >= 0.3 is 5.97 Å². The second-order valence-electron chi connectivity index (χ2n) is 4.10. The highest BCUT2D eigenvalue weighted by Crippen LogP contribution is 2.14. The quantitative estimate of drug-likeness (QED) is 0.762. The molecule has 1 unspecified atom stereocenters. The van der Waals surface area contributed by atoms with Gasteiger partial charge in [-0.05, 0) is 6.92 Å². The van der Waals surface area contributed by atoms with Gasteiger partial charge in [-0.1, -0.05) is 0 Å². The van der Waals surface area contributed by atoms with Gasteiger partial charge in [0.15, 0.2) is 0 Å². The first-order valence-electron chi connectivity index (χ1n) is 5.66. The molecule has 7 heteroatoms. The van der Waals surface area contributed by atoms with Crippen molar-refractivity contribution >= 4 is 11.9 Å². The molecule has 0 bridgehead atoms. The average molecular weight is 253 g/mol. The summed E-state index contributed by atoms with van der Waals surface area (Å²) in [6.45, 7) is 3.21. The highest BCUT2D eigenvalue weighted by atomic mass is 16.5. The van der Waals surface area contributed by atoms with Crippen LogP contribution in [0.25, 0.3) is 0 Å². The molecule has 0 saturated carbocycles. The van der Waals surface area contributed by atoms with E-state index >= 15 is 0 Å². The van der Waals surface area contributed by atoms with Gasteiger partial charge in [0, 0.05) is 19.3 Å². The molecule has 0 aliphatic carbocycles. The van der Waals surface area contributed by atoms with Gasteiger partial charge in [-0.2, -0.15) is 0 Å². The van der Waals surface area contributed by atoms with E-state index in [2.05, 4.69) is 9.97 Å². The molecule has 2 N–H and O–H groups in total. The molecule has 1 aliphatic rings. The largest absolute Gasteiger partial charge is 0.478 e. The molecule has 18 heavy (non-hydrogen) atoms. The lowest BCUT2D eigenvalue weighted by Gasteiger charge is -2.32. The lowest BCUT2D eigenvalue weighted by atomic mass is 10.2. The summed E-state index contributed by atoms with van der Waals surface area (Å²) in [6, 6.07) is 0. The second kappa shape index (κ2) is 5.28. The Morgan fingerprint density at radius 3 is 3.06 bits per heavy atom. The first-order chi connectivity index (χ1) is 8.61. The molecule has 7 nitrogen and oxygen atoms in total. The van der Waals surface area contributed by atoms with Gasteiger partial charge in [-0.3, -0.25) is 0 Å². The van der Waals surface area contributed by atoms with Gasteiger partial charge in [-0.15, -0.1) is 0 Å². The molecule has 2 rings (SSSR count). The zero-order valence-corrected chi connectivity index (χ0v) is 10.0. The zero-order valence-electron chi connectivity index (χ0n) is 10.0. The van der Waals surface area contributed by atoms with Crippen LogP contribution in [0.15, 0.2) is 6.20 Å². The van der Waals surface area contributed by atoms with Crippen LogP contribution in [0.2, 0.25) is 0 Å². The third-order valence-corrected chi connectivity index (χ3v) is 2.82. The number of aromatic nitrogens is 2. The fourth-order valence-electron chi connectivity index (χ4n) is 1.83. The van der Waals surface area contributed by atoms with Crippen molar-refractivity contribution in [2.75, 3.05) is 31.2 Å². The summed E-state index contributed by atoms with van der Waals surface area (Å²) in [5, 5.41) is 18.0. The number of aryl methyl sites for hydroxylation is 1. The molecule has 1 atom stereocenters. The maximum Gasteiger partial charge on any atom is 0.339 e. The minimum absolute atomic E-state index is 0.0529. The molecule has 1 fully saturated rings. The first-order valence-corrected chi connectivity index (χ1v) is 5.66. The molecule has 1 saturated heterocycles. The summed E-state index contributed by atoms with van der Waals surface area (Å²) in [5.74, 6) is -0.562. The summed E-state index contributed by atoms with van der Waals surface area (Å²) < 4.78 is 5.33. The Kier molecular flexibility index (Phi) is 3.73. The van der Waals surface area contributed by atoms with Crippen LogP contribution in [-0.4, -0.2) is 58.6 Å². The van der Waals surface area contributed by atoms with Gasteiger partial charge < -0.3 is 19.8 Å². The maximum absolute atomic E-state index is 10.9. The minimum atomic E-state index is -1.03. The Balaban J connectivity index is 2.18. The number of aliphatic hydroxyl groups is 1. The zero-order chi connectivity index (χ0) is 13.1. The summed E-state index contributed by atoms with van der Waals surface area (Å²) >= 11 is 0. The van der Waals surface area contributed by atoms with Crippen LogP contribution in [0.1, 0.15) is 16.1 Å². The Labute approximate surface area is 104 Å². The third-order valence-electron chi connectivity index (χ3n) is 2.82. The number of hydrogen-bond acceptors (Lipinski definition) is 6. The number of aromatic carboxylic acids is 1. The van der Waals surface area contributed by atoms with Gasteiger partial charge in [0.1, 0.15) is 0 Å². The monoisotopic (exact) mass is 253 g/mol. The lowest BCUT2D eigenvalue weighted by Crippen LogP contribution is -2.44. The van der Waals surface area contributed by atoms with Crippen molar-refractivity contribution in [2.45, 2.75) is 13.0 Å². The fraction of sp³-hybridized carbons (Fsp3) is 0.545. The Morgan fingerprint density at radius 1 is 1.67 bits per heavy atom. The number of carbonyl (C=O) groups is 1.